The van der Waals surface area contributed by atoms with E-state index >= 15 is 0 Å². The van der Waals surface area contributed by atoms with Crippen molar-refractivity contribution in [1.29, 1.82) is 0 Å². The van der Waals surface area contributed by atoms with Gasteiger partial charge in [-0.05, 0) is 25.5 Å². The highest BCUT2D eigenvalue weighted by atomic mass is 32.1. The molecule has 5 nitrogen and oxygen atoms in total. The lowest BCUT2D eigenvalue weighted by Gasteiger charge is -2.03. The second-order valence-corrected chi connectivity index (χ2v) is 4.96. The smallest absolute Gasteiger partial charge is 0.329 e. The molecule has 0 radical (unpaired) electrons. The maximum atomic E-state index is 11.3. The Kier molecular flexibility index (Phi) is 5.11. The molecule has 0 unspecified atom stereocenters. The highest BCUT2D eigenvalue weighted by Gasteiger charge is 2.05. The minimum absolute atomic E-state index is 0.227. The molecule has 0 aliphatic carbocycles. The Balaban J connectivity index is 2.26. The first kappa shape index (κ1) is 13.7. The lowest BCUT2D eigenvalue weighted by molar-refractivity contribution is -0.143. The topological polar surface area (TPSA) is 75.6 Å². The lowest BCUT2D eigenvalue weighted by Crippen LogP contribution is -2.27. The second-order valence-electron chi connectivity index (χ2n) is 3.62. The summed E-state index contributed by atoms with van der Waals surface area (Å²) < 4.78 is 4.67. The molecule has 0 aliphatic heterocycles. The molecule has 2 N–H and O–H groups in total. The van der Waals surface area contributed by atoms with Crippen molar-refractivity contribution in [3.63, 3.8) is 0 Å². The minimum atomic E-state index is -1.08. The van der Waals surface area contributed by atoms with Gasteiger partial charge in [0.05, 0.1) is 6.54 Å². The van der Waals surface area contributed by atoms with Gasteiger partial charge in [-0.15, -0.1) is 11.3 Å². The van der Waals surface area contributed by atoms with Gasteiger partial charge in [0.15, 0.2) is 0 Å². The summed E-state index contributed by atoms with van der Waals surface area (Å²) in [5, 5.41) is 11.0. The van der Waals surface area contributed by atoms with Gasteiger partial charge in [-0.2, -0.15) is 0 Å². The van der Waals surface area contributed by atoms with Gasteiger partial charge in [-0.1, -0.05) is 0 Å². The van der Waals surface area contributed by atoms with Crippen molar-refractivity contribution in [3.05, 3.63) is 21.4 Å². The summed E-state index contributed by atoms with van der Waals surface area (Å²) in [6.07, 6.45) is 0. The van der Waals surface area contributed by atoms with Crippen molar-refractivity contribution in [2.75, 3.05) is 13.2 Å². The van der Waals surface area contributed by atoms with E-state index in [-0.39, 0.29) is 12.5 Å². The van der Waals surface area contributed by atoms with E-state index < -0.39 is 12.6 Å². The number of carbonyl (C=O) groups is 2. The SMILES string of the molecule is Cc1cc(CNC(=O)COCC(=O)O)sc1C. The third kappa shape index (κ3) is 4.97. The van der Waals surface area contributed by atoms with Crippen LogP contribution in [0.25, 0.3) is 0 Å². The maximum Gasteiger partial charge on any atom is 0.329 e. The van der Waals surface area contributed by atoms with Gasteiger partial charge in [0.2, 0.25) is 5.91 Å². The number of hydrogen-bond donors (Lipinski definition) is 2. The van der Waals surface area contributed by atoms with E-state index in [1.165, 1.54) is 10.4 Å². The van der Waals surface area contributed by atoms with Crippen molar-refractivity contribution >= 4 is 23.2 Å². The zero-order chi connectivity index (χ0) is 12.8. The number of ether oxygens (including phenoxy) is 1. The first-order chi connectivity index (χ1) is 7.99. The van der Waals surface area contributed by atoms with E-state index in [9.17, 15) is 9.59 Å². The summed E-state index contributed by atoms with van der Waals surface area (Å²) in [4.78, 5) is 23.7. The van der Waals surface area contributed by atoms with Crippen LogP contribution in [0.15, 0.2) is 6.07 Å². The number of carbonyl (C=O) groups excluding carboxylic acids is 1. The fourth-order valence-electron chi connectivity index (χ4n) is 1.20. The van der Waals surface area contributed by atoms with Crippen LogP contribution in [-0.2, 0) is 20.9 Å². The zero-order valence-corrected chi connectivity index (χ0v) is 10.6. The fourth-order valence-corrected chi connectivity index (χ4v) is 2.20. The van der Waals surface area contributed by atoms with Gasteiger partial charge in [-0.25, -0.2) is 4.79 Å². The Hall–Kier alpha value is -1.40. The highest BCUT2D eigenvalue weighted by Crippen LogP contribution is 2.20. The van der Waals surface area contributed by atoms with Crippen molar-refractivity contribution in [2.45, 2.75) is 20.4 Å². The van der Waals surface area contributed by atoms with E-state index in [0.717, 1.165) is 4.88 Å². The molecule has 0 atom stereocenters. The predicted octanol–water partition coefficient (Wildman–Crippen LogP) is 1.08. The summed E-state index contributed by atoms with van der Waals surface area (Å²) in [6.45, 7) is 3.82. The van der Waals surface area contributed by atoms with Crippen molar-refractivity contribution < 1.29 is 19.4 Å². The number of carboxylic acids is 1. The Labute approximate surface area is 103 Å². The average molecular weight is 257 g/mol. The van der Waals surface area contributed by atoms with Crippen LogP contribution in [0.3, 0.4) is 0 Å². The third-order valence-corrected chi connectivity index (χ3v) is 3.29. The van der Waals surface area contributed by atoms with Crippen LogP contribution >= 0.6 is 11.3 Å². The van der Waals surface area contributed by atoms with Crippen LogP contribution < -0.4 is 5.32 Å². The molecule has 1 aromatic rings. The number of aliphatic carboxylic acids is 1. The Bertz CT molecular complexity index is 394. The maximum absolute atomic E-state index is 11.3. The van der Waals surface area contributed by atoms with Crippen molar-refractivity contribution in [3.8, 4) is 0 Å². The third-order valence-electron chi connectivity index (χ3n) is 2.14. The molecule has 1 amide bonds. The van der Waals surface area contributed by atoms with Gasteiger partial charge in [0, 0.05) is 9.75 Å². The molecule has 1 aromatic heterocycles. The van der Waals surface area contributed by atoms with Crippen LogP contribution in [0.4, 0.5) is 0 Å². The summed E-state index contributed by atoms with van der Waals surface area (Å²) in [5.74, 6) is -1.39. The standard InChI is InChI=1S/C11H15NO4S/c1-7-3-9(17-8(7)2)4-12-10(13)5-16-6-11(14)15/h3H,4-6H2,1-2H3,(H,12,13)(H,14,15). The van der Waals surface area contributed by atoms with Gasteiger partial charge in [0.1, 0.15) is 13.2 Å². The number of thiophene rings is 1. The highest BCUT2D eigenvalue weighted by molar-refractivity contribution is 7.12. The molecule has 0 fully saturated rings. The van der Waals surface area contributed by atoms with Crippen molar-refractivity contribution in [2.24, 2.45) is 0 Å². The van der Waals surface area contributed by atoms with Crippen LogP contribution in [0, 0.1) is 13.8 Å². The molecular weight excluding hydrogens is 242 g/mol. The summed E-state index contributed by atoms with van der Waals surface area (Å²) >= 11 is 1.64. The van der Waals surface area contributed by atoms with Crippen LogP contribution in [0.1, 0.15) is 15.3 Å². The molecule has 94 valence electrons. The molecule has 0 bridgehead atoms. The fraction of sp³-hybridized carbons (Fsp3) is 0.455. The van der Waals surface area contributed by atoms with Gasteiger partial charge in [-0.3, -0.25) is 4.79 Å². The molecule has 0 saturated carbocycles. The molecule has 0 aromatic carbocycles. The zero-order valence-electron chi connectivity index (χ0n) is 9.78. The molecule has 6 heteroatoms. The monoisotopic (exact) mass is 257 g/mol. The molecule has 17 heavy (non-hydrogen) atoms. The van der Waals surface area contributed by atoms with E-state index in [1.807, 2.05) is 19.9 Å². The number of aryl methyl sites for hydroxylation is 2. The number of hydrogen-bond acceptors (Lipinski definition) is 4. The summed E-state index contributed by atoms with van der Waals surface area (Å²) in [7, 11) is 0. The van der Waals surface area contributed by atoms with Gasteiger partial charge < -0.3 is 15.2 Å². The van der Waals surface area contributed by atoms with E-state index in [0.29, 0.717) is 6.54 Å². The molecular formula is C11H15NO4S. The van der Waals surface area contributed by atoms with Crippen LogP contribution in [0.5, 0.6) is 0 Å². The second kappa shape index (κ2) is 6.36. The molecule has 0 saturated heterocycles. The van der Waals surface area contributed by atoms with E-state index in [2.05, 4.69) is 10.1 Å². The van der Waals surface area contributed by atoms with E-state index in [1.54, 1.807) is 11.3 Å². The van der Waals surface area contributed by atoms with Crippen LogP contribution in [-0.4, -0.2) is 30.2 Å². The Morgan fingerprint density at radius 1 is 1.41 bits per heavy atom. The molecule has 1 heterocycles. The van der Waals surface area contributed by atoms with Crippen LogP contribution in [0.2, 0.25) is 0 Å². The molecule has 1 rings (SSSR count). The first-order valence-electron chi connectivity index (χ1n) is 5.11. The molecule has 0 aliphatic rings. The minimum Gasteiger partial charge on any atom is -0.480 e. The number of nitrogens with one attached hydrogen (secondary N) is 1. The summed E-state index contributed by atoms with van der Waals surface area (Å²) in [6, 6.07) is 2.03. The predicted molar refractivity (Wildman–Crippen MR) is 64.1 cm³/mol. The van der Waals surface area contributed by atoms with Gasteiger partial charge >= 0.3 is 5.97 Å². The quantitative estimate of drug-likeness (QED) is 0.799. The number of carboxylic acid groups (broad SMARTS) is 1. The van der Waals surface area contributed by atoms with E-state index in [4.69, 9.17) is 5.11 Å². The van der Waals surface area contributed by atoms with Gasteiger partial charge in [0.25, 0.3) is 0 Å². The largest absolute Gasteiger partial charge is 0.480 e. The molecule has 0 spiro atoms. The summed E-state index contributed by atoms with van der Waals surface area (Å²) in [5.41, 5.74) is 1.21. The van der Waals surface area contributed by atoms with Crippen molar-refractivity contribution in [1.82, 2.24) is 5.32 Å². The average Bonchev–Trinajstić information content (AvgIpc) is 2.55. The number of rotatable bonds is 6. The number of amides is 1. The lowest BCUT2D eigenvalue weighted by atomic mass is 10.3. The Morgan fingerprint density at radius 3 is 2.65 bits per heavy atom. The normalized spacial score (nSPS) is 10.2. The Morgan fingerprint density at radius 2 is 2.12 bits per heavy atom. The first-order valence-corrected chi connectivity index (χ1v) is 5.93.